The van der Waals surface area contributed by atoms with E-state index in [-0.39, 0.29) is 24.7 Å². The molecule has 1 aliphatic carbocycles. The van der Waals surface area contributed by atoms with Gasteiger partial charge in [0.25, 0.3) is 5.92 Å². The van der Waals surface area contributed by atoms with Gasteiger partial charge in [-0.1, -0.05) is 0 Å². The van der Waals surface area contributed by atoms with Crippen molar-refractivity contribution in [1.29, 1.82) is 5.26 Å². The standard InChI is InChI=1S/C21H19F2N7O/c22-21(23)13-29(8-7-20(21)5-6-20)17-4-1-14-10-26-30(19(14)28-17)12-18(31)27-16-3-2-15(9-24)25-11-16/h1-4,10-11H,5-8,12-13H2,(H,27,31). The molecule has 2 fully saturated rings. The second-order valence-electron chi connectivity index (χ2n) is 8.13. The van der Waals surface area contributed by atoms with Crippen LogP contribution in [-0.4, -0.2) is 44.7 Å². The lowest BCUT2D eigenvalue weighted by molar-refractivity contribution is -0.116. The molecule has 1 N–H and O–H groups in total. The number of piperidine rings is 1. The normalized spacial score (nSPS) is 18.7. The van der Waals surface area contributed by atoms with E-state index < -0.39 is 11.3 Å². The molecule has 1 saturated heterocycles. The van der Waals surface area contributed by atoms with Gasteiger partial charge in [0.1, 0.15) is 24.1 Å². The van der Waals surface area contributed by atoms with E-state index in [1.54, 1.807) is 29.3 Å². The number of halogens is 2. The molecule has 8 nitrogen and oxygen atoms in total. The fourth-order valence-electron chi connectivity index (χ4n) is 4.09. The highest BCUT2D eigenvalue weighted by molar-refractivity contribution is 5.91. The maximum absolute atomic E-state index is 14.6. The summed E-state index contributed by atoms with van der Waals surface area (Å²) in [6.45, 7) is 0.0967. The smallest absolute Gasteiger partial charge is 0.270 e. The summed E-state index contributed by atoms with van der Waals surface area (Å²) < 4.78 is 30.6. The van der Waals surface area contributed by atoms with Crippen molar-refractivity contribution in [3.63, 3.8) is 0 Å². The van der Waals surface area contributed by atoms with Gasteiger partial charge in [0.05, 0.1) is 24.6 Å². The van der Waals surface area contributed by atoms with Crippen molar-refractivity contribution in [3.8, 4) is 6.07 Å². The summed E-state index contributed by atoms with van der Waals surface area (Å²) in [6.07, 6.45) is 4.64. The van der Waals surface area contributed by atoms with Crippen LogP contribution in [0, 0.1) is 16.7 Å². The molecule has 0 unspecified atom stereocenters. The second kappa shape index (κ2) is 6.97. The quantitative estimate of drug-likeness (QED) is 0.693. The molecule has 31 heavy (non-hydrogen) atoms. The first-order valence-electron chi connectivity index (χ1n) is 10.0. The first-order chi connectivity index (χ1) is 14.9. The minimum Gasteiger partial charge on any atom is -0.350 e. The van der Waals surface area contributed by atoms with E-state index in [0.717, 1.165) is 5.39 Å². The Morgan fingerprint density at radius 3 is 2.71 bits per heavy atom. The lowest BCUT2D eigenvalue weighted by Gasteiger charge is -2.39. The number of carbonyl (C=O) groups excluding carboxylic acids is 1. The van der Waals surface area contributed by atoms with Crippen LogP contribution in [0.2, 0.25) is 0 Å². The minimum atomic E-state index is -2.73. The van der Waals surface area contributed by atoms with Gasteiger partial charge in [0.2, 0.25) is 5.91 Å². The van der Waals surface area contributed by atoms with Crippen molar-refractivity contribution in [2.24, 2.45) is 5.41 Å². The van der Waals surface area contributed by atoms with Crippen molar-refractivity contribution in [2.75, 3.05) is 23.3 Å². The van der Waals surface area contributed by atoms with Crippen molar-refractivity contribution in [1.82, 2.24) is 19.7 Å². The zero-order chi connectivity index (χ0) is 21.6. The van der Waals surface area contributed by atoms with Crippen LogP contribution in [0.3, 0.4) is 0 Å². The van der Waals surface area contributed by atoms with Crippen molar-refractivity contribution < 1.29 is 13.6 Å². The fourth-order valence-corrected chi connectivity index (χ4v) is 4.09. The number of carbonyl (C=O) groups is 1. The van der Waals surface area contributed by atoms with E-state index >= 15 is 0 Å². The third kappa shape index (κ3) is 3.46. The molecule has 3 aromatic rings. The molecule has 1 spiro atoms. The number of amides is 1. The number of nitrogens with one attached hydrogen (secondary N) is 1. The number of pyridine rings is 2. The molecule has 0 aromatic carbocycles. The van der Waals surface area contributed by atoms with Crippen LogP contribution in [0.5, 0.6) is 0 Å². The summed E-state index contributed by atoms with van der Waals surface area (Å²) in [5.41, 5.74) is 0.358. The SMILES string of the molecule is N#Cc1ccc(NC(=O)Cn2ncc3ccc(N4CCC5(CC5)C(F)(F)C4)nc32)cn1. The lowest BCUT2D eigenvalue weighted by Crippen LogP contribution is -2.50. The van der Waals surface area contributed by atoms with Crippen LogP contribution in [-0.2, 0) is 11.3 Å². The van der Waals surface area contributed by atoms with Crippen molar-refractivity contribution in [3.05, 3.63) is 42.4 Å². The number of rotatable bonds is 4. The summed E-state index contributed by atoms with van der Waals surface area (Å²) >= 11 is 0. The Morgan fingerprint density at radius 1 is 1.19 bits per heavy atom. The van der Waals surface area contributed by atoms with Crippen LogP contribution in [0.25, 0.3) is 11.0 Å². The van der Waals surface area contributed by atoms with E-state index in [1.807, 2.05) is 6.07 Å². The molecule has 3 aromatic heterocycles. The van der Waals surface area contributed by atoms with E-state index in [1.165, 1.54) is 16.9 Å². The Bertz CT molecular complexity index is 1190. The fraction of sp³-hybridized carbons (Fsp3) is 0.381. The number of nitriles is 1. The monoisotopic (exact) mass is 423 g/mol. The zero-order valence-corrected chi connectivity index (χ0v) is 16.6. The van der Waals surface area contributed by atoms with E-state index in [0.29, 0.717) is 43.0 Å². The Morgan fingerprint density at radius 2 is 2.03 bits per heavy atom. The summed E-state index contributed by atoms with van der Waals surface area (Å²) in [6, 6.07) is 8.51. The number of alkyl halides is 2. The van der Waals surface area contributed by atoms with Gasteiger partial charge >= 0.3 is 0 Å². The van der Waals surface area contributed by atoms with Crippen molar-refractivity contribution in [2.45, 2.75) is 31.7 Å². The van der Waals surface area contributed by atoms with Crippen LogP contribution in [0.1, 0.15) is 25.0 Å². The lowest BCUT2D eigenvalue weighted by atomic mass is 9.89. The highest BCUT2D eigenvalue weighted by atomic mass is 19.3. The summed E-state index contributed by atoms with van der Waals surface area (Å²) in [5.74, 6) is -2.61. The highest BCUT2D eigenvalue weighted by Crippen LogP contribution is 2.61. The van der Waals surface area contributed by atoms with Gasteiger partial charge in [-0.3, -0.25) is 4.79 Å². The second-order valence-corrected chi connectivity index (χ2v) is 8.13. The molecule has 1 aliphatic heterocycles. The molecule has 158 valence electrons. The third-order valence-corrected chi connectivity index (χ3v) is 6.13. The van der Waals surface area contributed by atoms with Crippen LogP contribution in [0.4, 0.5) is 20.3 Å². The van der Waals surface area contributed by atoms with Crippen molar-refractivity contribution >= 4 is 28.4 Å². The van der Waals surface area contributed by atoms with Gasteiger partial charge in [-0.25, -0.2) is 23.4 Å². The Hall–Kier alpha value is -3.61. The predicted octanol–water partition coefficient (Wildman–Crippen LogP) is 2.96. The largest absolute Gasteiger partial charge is 0.350 e. The van der Waals surface area contributed by atoms with Gasteiger partial charge in [-0.2, -0.15) is 10.4 Å². The average Bonchev–Trinajstić information content (AvgIpc) is 3.46. The predicted molar refractivity (Wildman–Crippen MR) is 109 cm³/mol. The average molecular weight is 423 g/mol. The van der Waals surface area contributed by atoms with Gasteiger partial charge < -0.3 is 10.2 Å². The molecule has 1 saturated carbocycles. The molecule has 0 radical (unpaired) electrons. The summed E-state index contributed by atoms with van der Waals surface area (Å²) in [4.78, 5) is 22.5. The minimum absolute atomic E-state index is 0.0980. The summed E-state index contributed by atoms with van der Waals surface area (Å²) in [7, 11) is 0. The Kier molecular flexibility index (Phi) is 4.36. The molecule has 5 rings (SSSR count). The molecular weight excluding hydrogens is 404 g/mol. The first kappa shape index (κ1) is 19.4. The molecule has 2 aliphatic rings. The highest BCUT2D eigenvalue weighted by Gasteiger charge is 2.63. The Labute approximate surface area is 176 Å². The first-order valence-corrected chi connectivity index (χ1v) is 10.0. The molecule has 1 amide bonds. The van der Waals surface area contributed by atoms with Crippen LogP contribution < -0.4 is 10.2 Å². The van der Waals surface area contributed by atoms with E-state index in [2.05, 4.69) is 20.4 Å². The number of nitrogens with zero attached hydrogens (tertiary/aromatic N) is 6. The van der Waals surface area contributed by atoms with Gasteiger partial charge in [-0.05, 0) is 43.5 Å². The van der Waals surface area contributed by atoms with Gasteiger partial charge in [0.15, 0.2) is 5.65 Å². The topological polar surface area (TPSA) is 99.7 Å². The van der Waals surface area contributed by atoms with Crippen LogP contribution >= 0.6 is 0 Å². The third-order valence-electron chi connectivity index (χ3n) is 6.13. The van der Waals surface area contributed by atoms with Gasteiger partial charge in [-0.15, -0.1) is 0 Å². The number of anilines is 2. The summed E-state index contributed by atoms with van der Waals surface area (Å²) in [5, 5.41) is 16.4. The van der Waals surface area contributed by atoms with Gasteiger partial charge in [0, 0.05) is 17.3 Å². The number of aromatic nitrogens is 4. The molecule has 0 atom stereocenters. The molecule has 4 heterocycles. The number of hydrogen-bond donors (Lipinski definition) is 1. The molecule has 10 heteroatoms. The zero-order valence-electron chi connectivity index (χ0n) is 16.6. The molecular formula is C21H19F2N7O. The molecule has 0 bridgehead atoms. The maximum atomic E-state index is 14.6. The number of fused-ring (bicyclic) bond motifs is 1. The van der Waals surface area contributed by atoms with E-state index in [9.17, 15) is 13.6 Å². The number of hydrogen-bond acceptors (Lipinski definition) is 6. The maximum Gasteiger partial charge on any atom is 0.270 e. The Balaban J connectivity index is 1.33. The van der Waals surface area contributed by atoms with E-state index in [4.69, 9.17) is 5.26 Å². The van der Waals surface area contributed by atoms with Crippen LogP contribution in [0.15, 0.2) is 36.7 Å².